The molecule has 3 rings (SSSR count). The van der Waals surface area contributed by atoms with Crippen LogP contribution in [-0.2, 0) is 0 Å². The van der Waals surface area contributed by atoms with Crippen LogP contribution in [-0.4, -0.2) is 27.5 Å². The van der Waals surface area contributed by atoms with Crippen molar-refractivity contribution in [2.45, 2.75) is 25.8 Å². The molecule has 1 saturated heterocycles. The SMILES string of the molecule is Cc1cc(C2CCCN2C(=O)c2cnccc2Cl)on1. The largest absolute Gasteiger partial charge is 0.359 e. The highest BCUT2D eigenvalue weighted by atomic mass is 35.5. The molecule has 20 heavy (non-hydrogen) atoms. The van der Waals surface area contributed by atoms with Gasteiger partial charge < -0.3 is 9.42 Å². The summed E-state index contributed by atoms with van der Waals surface area (Å²) in [7, 11) is 0. The van der Waals surface area contributed by atoms with E-state index in [0.717, 1.165) is 24.3 Å². The van der Waals surface area contributed by atoms with Crippen molar-refractivity contribution in [3.05, 3.63) is 46.6 Å². The number of amides is 1. The number of likely N-dealkylation sites (tertiary alicyclic amines) is 1. The fraction of sp³-hybridized carbons (Fsp3) is 0.357. The second-order valence-electron chi connectivity index (χ2n) is 4.88. The van der Waals surface area contributed by atoms with Crippen molar-refractivity contribution in [1.29, 1.82) is 0 Å². The Hall–Kier alpha value is -1.88. The Morgan fingerprint density at radius 1 is 1.55 bits per heavy atom. The summed E-state index contributed by atoms with van der Waals surface area (Å²) in [5.41, 5.74) is 1.25. The highest BCUT2D eigenvalue weighted by Gasteiger charge is 2.33. The number of halogens is 1. The van der Waals surface area contributed by atoms with Crippen LogP contribution in [0.1, 0.15) is 40.7 Å². The molecule has 1 aliphatic rings. The third-order valence-corrected chi connectivity index (χ3v) is 3.82. The lowest BCUT2D eigenvalue weighted by Gasteiger charge is -2.22. The minimum atomic E-state index is -0.111. The number of aryl methyl sites for hydroxylation is 1. The minimum absolute atomic E-state index is 0.0695. The molecule has 2 aromatic heterocycles. The quantitative estimate of drug-likeness (QED) is 0.853. The van der Waals surface area contributed by atoms with E-state index in [2.05, 4.69) is 10.1 Å². The van der Waals surface area contributed by atoms with Crippen molar-refractivity contribution in [1.82, 2.24) is 15.0 Å². The van der Waals surface area contributed by atoms with Crippen molar-refractivity contribution in [3.8, 4) is 0 Å². The zero-order valence-electron chi connectivity index (χ0n) is 11.0. The molecule has 1 aliphatic heterocycles. The van der Waals surface area contributed by atoms with Gasteiger partial charge in [-0.1, -0.05) is 16.8 Å². The van der Waals surface area contributed by atoms with Crippen molar-refractivity contribution < 1.29 is 9.32 Å². The van der Waals surface area contributed by atoms with E-state index in [1.165, 1.54) is 6.20 Å². The Morgan fingerprint density at radius 3 is 3.10 bits per heavy atom. The number of rotatable bonds is 2. The summed E-state index contributed by atoms with van der Waals surface area (Å²) in [5, 5.41) is 4.31. The van der Waals surface area contributed by atoms with Crippen molar-refractivity contribution in [2.24, 2.45) is 0 Å². The predicted octanol–water partition coefficient (Wildman–Crippen LogP) is 3.01. The van der Waals surface area contributed by atoms with Crippen molar-refractivity contribution in [3.63, 3.8) is 0 Å². The molecule has 2 aromatic rings. The highest BCUT2D eigenvalue weighted by molar-refractivity contribution is 6.33. The average molecular weight is 292 g/mol. The Morgan fingerprint density at radius 2 is 2.40 bits per heavy atom. The summed E-state index contributed by atoms with van der Waals surface area (Å²) < 4.78 is 5.30. The van der Waals surface area contributed by atoms with Gasteiger partial charge in [-0.15, -0.1) is 0 Å². The summed E-state index contributed by atoms with van der Waals surface area (Å²) in [6.45, 7) is 2.56. The predicted molar refractivity (Wildman–Crippen MR) is 73.5 cm³/mol. The van der Waals surface area contributed by atoms with Crippen LogP contribution in [0.3, 0.4) is 0 Å². The number of aromatic nitrogens is 2. The molecule has 5 nitrogen and oxygen atoms in total. The first-order chi connectivity index (χ1) is 9.66. The van der Waals surface area contributed by atoms with Gasteiger partial charge in [0.25, 0.3) is 5.91 Å². The lowest BCUT2D eigenvalue weighted by molar-refractivity contribution is 0.0714. The van der Waals surface area contributed by atoms with Gasteiger partial charge in [0.05, 0.1) is 22.3 Å². The zero-order chi connectivity index (χ0) is 14.1. The van der Waals surface area contributed by atoms with Gasteiger partial charge in [-0.3, -0.25) is 9.78 Å². The first kappa shape index (κ1) is 13.1. The van der Waals surface area contributed by atoms with Gasteiger partial charge in [-0.05, 0) is 25.8 Å². The summed E-state index contributed by atoms with van der Waals surface area (Å²) in [5.74, 6) is 0.619. The second kappa shape index (κ2) is 5.25. The van der Waals surface area contributed by atoms with Crippen LogP contribution in [0.2, 0.25) is 5.02 Å². The topological polar surface area (TPSA) is 59.2 Å². The molecular formula is C14H14ClN3O2. The van der Waals surface area contributed by atoms with E-state index in [1.54, 1.807) is 17.2 Å². The molecule has 3 heterocycles. The van der Waals surface area contributed by atoms with Gasteiger partial charge in [0.2, 0.25) is 0 Å². The maximum atomic E-state index is 12.6. The molecule has 104 valence electrons. The lowest BCUT2D eigenvalue weighted by Crippen LogP contribution is -2.30. The van der Waals surface area contributed by atoms with Gasteiger partial charge >= 0.3 is 0 Å². The van der Waals surface area contributed by atoms with Crippen LogP contribution in [0.25, 0.3) is 0 Å². The van der Waals surface area contributed by atoms with E-state index in [-0.39, 0.29) is 11.9 Å². The van der Waals surface area contributed by atoms with Gasteiger partial charge in [0.1, 0.15) is 0 Å². The van der Waals surface area contributed by atoms with Gasteiger partial charge in [-0.25, -0.2) is 0 Å². The molecule has 1 fully saturated rings. The van der Waals surface area contributed by atoms with Crippen LogP contribution < -0.4 is 0 Å². The molecule has 0 radical (unpaired) electrons. The molecule has 0 saturated carbocycles. The third-order valence-electron chi connectivity index (χ3n) is 3.49. The third kappa shape index (κ3) is 2.29. The first-order valence-electron chi connectivity index (χ1n) is 6.50. The molecule has 0 bridgehead atoms. The Labute approximate surface area is 121 Å². The van der Waals surface area contributed by atoms with E-state index in [9.17, 15) is 4.79 Å². The smallest absolute Gasteiger partial charge is 0.257 e. The lowest BCUT2D eigenvalue weighted by atomic mass is 10.1. The van der Waals surface area contributed by atoms with Crippen LogP contribution in [0.4, 0.5) is 0 Å². The van der Waals surface area contributed by atoms with E-state index in [4.69, 9.17) is 16.1 Å². The Balaban J connectivity index is 1.89. The molecule has 1 unspecified atom stereocenters. The van der Waals surface area contributed by atoms with Gasteiger partial charge in [0, 0.05) is 25.0 Å². The number of nitrogens with zero attached hydrogens (tertiary/aromatic N) is 3. The fourth-order valence-electron chi connectivity index (χ4n) is 2.54. The van der Waals surface area contributed by atoms with Crippen LogP contribution >= 0.6 is 11.6 Å². The van der Waals surface area contributed by atoms with Gasteiger partial charge in [-0.2, -0.15) is 0 Å². The molecule has 1 atom stereocenters. The standard InChI is InChI=1S/C14H14ClN3O2/c1-9-7-13(20-17-9)12-3-2-6-18(12)14(19)10-8-16-5-4-11(10)15/h4-5,7-8,12H,2-3,6H2,1H3. The molecule has 0 N–H and O–H groups in total. The minimum Gasteiger partial charge on any atom is -0.359 e. The molecule has 0 aromatic carbocycles. The van der Waals surface area contributed by atoms with Gasteiger partial charge in [0.15, 0.2) is 5.76 Å². The normalized spacial score (nSPS) is 18.5. The molecule has 0 aliphatic carbocycles. The van der Waals surface area contributed by atoms with Crippen molar-refractivity contribution in [2.75, 3.05) is 6.54 Å². The Kier molecular flexibility index (Phi) is 3.44. The van der Waals surface area contributed by atoms with Crippen LogP contribution in [0, 0.1) is 6.92 Å². The first-order valence-corrected chi connectivity index (χ1v) is 6.88. The summed E-state index contributed by atoms with van der Waals surface area (Å²) in [6, 6.07) is 3.43. The summed E-state index contributed by atoms with van der Waals surface area (Å²) in [6.07, 6.45) is 4.89. The number of carbonyl (C=O) groups is 1. The fourth-order valence-corrected chi connectivity index (χ4v) is 2.72. The van der Waals surface area contributed by atoms with Crippen LogP contribution in [0.5, 0.6) is 0 Å². The van der Waals surface area contributed by atoms with E-state index in [1.807, 2.05) is 13.0 Å². The summed E-state index contributed by atoms with van der Waals surface area (Å²) >= 11 is 6.07. The number of hydrogen-bond donors (Lipinski definition) is 0. The van der Waals surface area contributed by atoms with E-state index < -0.39 is 0 Å². The molecule has 1 amide bonds. The monoisotopic (exact) mass is 291 g/mol. The highest BCUT2D eigenvalue weighted by Crippen LogP contribution is 2.34. The van der Waals surface area contributed by atoms with Crippen molar-refractivity contribution >= 4 is 17.5 Å². The number of pyridine rings is 1. The van der Waals surface area contributed by atoms with E-state index >= 15 is 0 Å². The average Bonchev–Trinajstić information content (AvgIpc) is 3.06. The van der Waals surface area contributed by atoms with Crippen LogP contribution in [0.15, 0.2) is 29.0 Å². The van der Waals surface area contributed by atoms with E-state index in [0.29, 0.717) is 17.1 Å². The molecule has 0 spiro atoms. The zero-order valence-corrected chi connectivity index (χ0v) is 11.8. The Bertz CT molecular complexity index is 641. The maximum Gasteiger partial charge on any atom is 0.257 e. The maximum absolute atomic E-state index is 12.6. The number of hydrogen-bond acceptors (Lipinski definition) is 4. The number of carbonyl (C=O) groups excluding carboxylic acids is 1. The second-order valence-corrected chi connectivity index (χ2v) is 5.29. The molecular weight excluding hydrogens is 278 g/mol. The summed E-state index contributed by atoms with van der Waals surface area (Å²) in [4.78, 5) is 18.4. The molecule has 6 heteroatoms.